The average molecular weight is 216 g/mol. The smallest absolute Gasteiger partial charge is 0.407 e. The molecule has 1 saturated heterocycles. The van der Waals surface area contributed by atoms with Gasteiger partial charge in [0.2, 0.25) is 0 Å². The van der Waals surface area contributed by atoms with Crippen LogP contribution in [-0.2, 0) is 4.74 Å². The highest BCUT2D eigenvalue weighted by Crippen LogP contribution is 2.28. The van der Waals surface area contributed by atoms with Gasteiger partial charge in [0.25, 0.3) is 0 Å². The van der Waals surface area contributed by atoms with E-state index in [9.17, 15) is 9.18 Å². The van der Waals surface area contributed by atoms with Crippen LogP contribution in [0.2, 0.25) is 5.02 Å². The van der Waals surface area contributed by atoms with Gasteiger partial charge in [0, 0.05) is 10.6 Å². The Morgan fingerprint density at radius 3 is 2.93 bits per heavy atom. The van der Waals surface area contributed by atoms with E-state index in [1.807, 2.05) is 0 Å². The van der Waals surface area contributed by atoms with Crippen molar-refractivity contribution in [3.8, 4) is 0 Å². The third kappa shape index (κ3) is 1.53. The predicted molar refractivity (Wildman–Crippen MR) is 48.6 cm³/mol. The first-order valence-corrected chi connectivity index (χ1v) is 4.43. The lowest BCUT2D eigenvalue weighted by atomic mass is 10.1. The number of amides is 1. The van der Waals surface area contributed by atoms with Crippen LogP contribution in [-0.4, -0.2) is 12.7 Å². The molecule has 1 N–H and O–H groups in total. The van der Waals surface area contributed by atoms with Gasteiger partial charge in [-0.25, -0.2) is 9.18 Å². The van der Waals surface area contributed by atoms with Gasteiger partial charge in [-0.05, 0) is 12.1 Å². The molecule has 0 bridgehead atoms. The molecule has 0 aliphatic carbocycles. The first-order valence-electron chi connectivity index (χ1n) is 4.05. The first-order chi connectivity index (χ1) is 6.68. The van der Waals surface area contributed by atoms with Crippen molar-refractivity contribution in [2.24, 2.45) is 0 Å². The van der Waals surface area contributed by atoms with Gasteiger partial charge in [0.05, 0.1) is 6.04 Å². The molecule has 0 spiro atoms. The Bertz CT molecular complexity index is 363. The third-order valence-electron chi connectivity index (χ3n) is 2.02. The van der Waals surface area contributed by atoms with Crippen molar-refractivity contribution < 1.29 is 13.9 Å². The highest BCUT2D eigenvalue weighted by molar-refractivity contribution is 6.31. The molecular formula is C9H7ClFNO2. The van der Waals surface area contributed by atoms with Crippen molar-refractivity contribution in [1.82, 2.24) is 5.32 Å². The van der Waals surface area contributed by atoms with Gasteiger partial charge < -0.3 is 10.1 Å². The van der Waals surface area contributed by atoms with Crippen LogP contribution in [0.4, 0.5) is 9.18 Å². The van der Waals surface area contributed by atoms with E-state index in [1.54, 1.807) is 6.07 Å². The monoisotopic (exact) mass is 215 g/mol. The second-order valence-corrected chi connectivity index (χ2v) is 3.34. The van der Waals surface area contributed by atoms with Crippen molar-refractivity contribution >= 4 is 17.7 Å². The van der Waals surface area contributed by atoms with Crippen LogP contribution in [0.3, 0.4) is 0 Å². The minimum absolute atomic E-state index is 0.111. The normalized spacial score (nSPS) is 20.4. The largest absolute Gasteiger partial charge is 0.447 e. The lowest BCUT2D eigenvalue weighted by Crippen LogP contribution is -2.19. The number of carbonyl (C=O) groups is 1. The van der Waals surface area contributed by atoms with Gasteiger partial charge in [-0.1, -0.05) is 17.7 Å². The number of hydrogen-bond acceptors (Lipinski definition) is 2. The van der Waals surface area contributed by atoms with E-state index in [1.165, 1.54) is 12.1 Å². The summed E-state index contributed by atoms with van der Waals surface area (Å²) in [6.07, 6.45) is -0.547. The fraction of sp³-hybridized carbons (Fsp3) is 0.222. The van der Waals surface area contributed by atoms with Crippen molar-refractivity contribution in [2.45, 2.75) is 6.04 Å². The zero-order chi connectivity index (χ0) is 10.1. The number of rotatable bonds is 1. The molecule has 1 atom stereocenters. The summed E-state index contributed by atoms with van der Waals surface area (Å²) in [6, 6.07) is 3.89. The van der Waals surface area contributed by atoms with Crippen LogP contribution >= 0.6 is 11.6 Å². The van der Waals surface area contributed by atoms with E-state index in [0.29, 0.717) is 5.02 Å². The lowest BCUT2D eigenvalue weighted by Gasteiger charge is -2.10. The van der Waals surface area contributed by atoms with Crippen LogP contribution in [0.5, 0.6) is 0 Å². The molecule has 1 heterocycles. The van der Waals surface area contributed by atoms with Crippen LogP contribution in [0, 0.1) is 5.82 Å². The molecule has 14 heavy (non-hydrogen) atoms. The maximum atomic E-state index is 13.3. The summed E-state index contributed by atoms with van der Waals surface area (Å²) >= 11 is 5.81. The van der Waals surface area contributed by atoms with Crippen molar-refractivity contribution in [3.63, 3.8) is 0 Å². The molecule has 2 rings (SSSR count). The first kappa shape index (κ1) is 9.27. The summed E-state index contributed by atoms with van der Waals surface area (Å²) in [4.78, 5) is 10.8. The lowest BCUT2D eigenvalue weighted by molar-refractivity contribution is 0.177. The molecule has 0 saturated carbocycles. The fourth-order valence-corrected chi connectivity index (χ4v) is 1.68. The van der Waals surface area contributed by atoms with E-state index in [2.05, 4.69) is 10.1 Å². The van der Waals surface area contributed by atoms with Crippen LogP contribution < -0.4 is 5.32 Å². The molecule has 3 nitrogen and oxygen atoms in total. The number of carbonyl (C=O) groups excluding carboxylic acids is 1. The maximum absolute atomic E-state index is 13.3. The Morgan fingerprint density at radius 1 is 1.57 bits per heavy atom. The predicted octanol–water partition coefficient (Wildman–Crippen LogP) is 2.26. The summed E-state index contributed by atoms with van der Waals surface area (Å²) in [5, 5.41) is 2.76. The number of ether oxygens (including phenoxy) is 1. The fourth-order valence-electron chi connectivity index (χ4n) is 1.38. The Kier molecular flexibility index (Phi) is 2.29. The molecule has 0 aromatic heterocycles. The molecule has 1 aromatic rings. The SMILES string of the molecule is O=C1N[C@H](c2c(F)cccc2Cl)CO1. The van der Waals surface area contributed by atoms with Gasteiger partial charge in [0.1, 0.15) is 12.4 Å². The summed E-state index contributed by atoms with van der Waals surface area (Å²) in [5.74, 6) is -0.437. The number of benzene rings is 1. The highest BCUT2D eigenvalue weighted by Gasteiger charge is 2.27. The summed E-state index contributed by atoms with van der Waals surface area (Å²) in [7, 11) is 0. The van der Waals surface area contributed by atoms with Gasteiger partial charge >= 0.3 is 6.09 Å². The van der Waals surface area contributed by atoms with E-state index in [4.69, 9.17) is 11.6 Å². The summed E-state index contributed by atoms with van der Waals surface area (Å²) in [6.45, 7) is 0.111. The molecular weight excluding hydrogens is 209 g/mol. The van der Waals surface area contributed by atoms with Gasteiger partial charge in [0.15, 0.2) is 0 Å². The van der Waals surface area contributed by atoms with E-state index >= 15 is 0 Å². The molecule has 74 valence electrons. The van der Waals surface area contributed by atoms with E-state index < -0.39 is 18.0 Å². The molecule has 0 radical (unpaired) electrons. The van der Waals surface area contributed by atoms with Crippen LogP contribution in [0.25, 0.3) is 0 Å². The second kappa shape index (κ2) is 3.46. The Morgan fingerprint density at radius 2 is 2.36 bits per heavy atom. The molecule has 1 amide bonds. The molecule has 1 aliphatic heterocycles. The summed E-state index contributed by atoms with van der Waals surface area (Å²) in [5.41, 5.74) is 0.278. The molecule has 0 unspecified atom stereocenters. The third-order valence-corrected chi connectivity index (χ3v) is 2.35. The van der Waals surface area contributed by atoms with E-state index in [0.717, 1.165) is 0 Å². The van der Waals surface area contributed by atoms with Gasteiger partial charge in [-0.2, -0.15) is 0 Å². The number of alkyl carbamates (subject to hydrolysis) is 1. The van der Waals surface area contributed by atoms with Gasteiger partial charge in [-0.15, -0.1) is 0 Å². The Labute approximate surface area is 84.8 Å². The maximum Gasteiger partial charge on any atom is 0.407 e. The summed E-state index contributed by atoms with van der Waals surface area (Å²) < 4.78 is 18.0. The standard InChI is InChI=1S/C9H7ClFNO2/c10-5-2-1-3-6(11)8(5)7-4-14-9(13)12-7/h1-3,7H,4H2,(H,12,13)/t7-/m0/s1. The van der Waals surface area contributed by atoms with Crippen molar-refractivity contribution in [2.75, 3.05) is 6.61 Å². The topological polar surface area (TPSA) is 38.3 Å². The minimum Gasteiger partial charge on any atom is -0.447 e. The van der Waals surface area contributed by atoms with E-state index in [-0.39, 0.29) is 12.2 Å². The number of halogens is 2. The molecule has 5 heteroatoms. The van der Waals surface area contributed by atoms with Crippen molar-refractivity contribution in [3.05, 3.63) is 34.6 Å². The zero-order valence-corrected chi connectivity index (χ0v) is 7.84. The van der Waals surface area contributed by atoms with Crippen molar-refractivity contribution in [1.29, 1.82) is 0 Å². The highest BCUT2D eigenvalue weighted by atomic mass is 35.5. The Hall–Kier alpha value is -1.29. The molecule has 1 fully saturated rings. The number of nitrogens with one attached hydrogen (secondary N) is 1. The average Bonchev–Trinajstić information content (AvgIpc) is 2.51. The molecule has 1 aliphatic rings. The van der Waals surface area contributed by atoms with Crippen LogP contribution in [0.1, 0.15) is 11.6 Å². The second-order valence-electron chi connectivity index (χ2n) is 2.93. The molecule has 1 aromatic carbocycles. The van der Waals surface area contributed by atoms with Gasteiger partial charge in [-0.3, -0.25) is 0 Å². The minimum atomic E-state index is -0.547. The van der Waals surface area contributed by atoms with Crippen LogP contribution in [0.15, 0.2) is 18.2 Å². The Balaban J connectivity index is 2.36. The number of hydrogen-bond donors (Lipinski definition) is 1. The zero-order valence-electron chi connectivity index (χ0n) is 7.09. The quantitative estimate of drug-likeness (QED) is 0.781. The number of cyclic esters (lactones) is 1.